The van der Waals surface area contributed by atoms with Crippen LogP contribution in [-0.2, 0) is 0 Å². The number of pyridine rings is 1. The zero-order valence-corrected chi connectivity index (χ0v) is 15.6. The Bertz CT molecular complexity index is 1450. The molecule has 5 aromatic rings. The average Bonchev–Trinajstić information content (AvgIpc) is 3.11. The van der Waals surface area contributed by atoms with Gasteiger partial charge in [-0.2, -0.15) is 0 Å². The van der Waals surface area contributed by atoms with Gasteiger partial charge < -0.3 is 5.32 Å². The number of aromatic amines is 1. The second kappa shape index (κ2) is 6.97. The van der Waals surface area contributed by atoms with Gasteiger partial charge >= 0.3 is 0 Å². The van der Waals surface area contributed by atoms with Crippen LogP contribution in [0.3, 0.4) is 0 Å². The van der Waals surface area contributed by atoms with Crippen LogP contribution in [0.5, 0.6) is 0 Å². The van der Waals surface area contributed by atoms with Gasteiger partial charge in [-0.15, -0.1) is 0 Å². The lowest BCUT2D eigenvalue weighted by molar-refractivity contribution is 0.102. The van der Waals surface area contributed by atoms with Gasteiger partial charge in [0.05, 0.1) is 22.1 Å². The molecule has 0 spiro atoms. The molecule has 0 unspecified atom stereocenters. The van der Waals surface area contributed by atoms with Crippen molar-refractivity contribution in [3.63, 3.8) is 0 Å². The highest BCUT2D eigenvalue weighted by atomic mass is 19.1. The summed E-state index contributed by atoms with van der Waals surface area (Å²) < 4.78 is 14.6. The molecule has 0 fully saturated rings. The second-order valence-corrected chi connectivity index (χ2v) is 6.83. The molecule has 7 heteroatoms. The number of hydrogen-bond acceptors (Lipinski definition) is 3. The van der Waals surface area contributed by atoms with Crippen LogP contribution >= 0.6 is 0 Å². The van der Waals surface area contributed by atoms with Crippen LogP contribution in [0.2, 0.25) is 0 Å². The van der Waals surface area contributed by atoms with Crippen LogP contribution in [0.25, 0.3) is 27.5 Å². The Balaban J connectivity index is 1.62. The fourth-order valence-electron chi connectivity index (χ4n) is 3.40. The normalized spacial score (nSPS) is 11.1. The molecule has 0 radical (unpaired) electrons. The minimum absolute atomic E-state index is 0.264. The van der Waals surface area contributed by atoms with E-state index in [2.05, 4.69) is 15.4 Å². The Morgan fingerprint density at radius 2 is 1.73 bits per heavy atom. The Hall–Kier alpha value is -4.26. The van der Waals surface area contributed by atoms with E-state index in [1.54, 1.807) is 30.3 Å². The summed E-state index contributed by atoms with van der Waals surface area (Å²) in [5.41, 5.74) is 2.54. The summed E-state index contributed by atoms with van der Waals surface area (Å²) in [5.74, 6) is -0.649. The Morgan fingerprint density at radius 3 is 2.50 bits per heavy atom. The molecule has 0 atom stereocenters. The molecule has 0 aliphatic heterocycles. The molecular formula is C23H15FN4O2. The number of fused-ring (bicyclic) bond motifs is 3. The van der Waals surface area contributed by atoms with Crippen molar-refractivity contribution < 1.29 is 9.18 Å². The number of aromatic nitrogens is 3. The predicted molar refractivity (Wildman–Crippen MR) is 114 cm³/mol. The molecular weight excluding hydrogens is 383 g/mol. The molecule has 30 heavy (non-hydrogen) atoms. The highest BCUT2D eigenvalue weighted by molar-refractivity contribution is 6.10. The minimum Gasteiger partial charge on any atom is -0.322 e. The van der Waals surface area contributed by atoms with Crippen LogP contribution in [0, 0.1) is 5.82 Å². The van der Waals surface area contributed by atoms with Crippen molar-refractivity contribution in [2.24, 2.45) is 0 Å². The van der Waals surface area contributed by atoms with E-state index in [9.17, 15) is 14.0 Å². The Morgan fingerprint density at radius 1 is 0.967 bits per heavy atom. The van der Waals surface area contributed by atoms with E-state index in [1.807, 2.05) is 18.2 Å². The maximum atomic E-state index is 13.2. The first-order valence-electron chi connectivity index (χ1n) is 9.26. The highest BCUT2D eigenvalue weighted by Crippen LogP contribution is 2.23. The molecule has 0 bridgehead atoms. The van der Waals surface area contributed by atoms with E-state index in [4.69, 9.17) is 0 Å². The summed E-state index contributed by atoms with van der Waals surface area (Å²) in [6, 6.07) is 19.9. The molecule has 6 nitrogen and oxygen atoms in total. The molecule has 5 rings (SSSR count). The predicted octanol–water partition coefficient (Wildman–Crippen LogP) is 4.26. The van der Waals surface area contributed by atoms with Gasteiger partial charge in [0.1, 0.15) is 5.82 Å². The van der Waals surface area contributed by atoms with Gasteiger partial charge in [0.2, 0.25) is 0 Å². The number of nitrogens with zero attached hydrogens (tertiary/aromatic N) is 2. The first-order chi connectivity index (χ1) is 14.6. The Labute approximate surface area is 169 Å². The third-order valence-electron chi connectivity index (χ3n) is 4.90. The topological polar surface area (TPSA) is 79.8 Å². The average molecular weight is 398 g/mol. The van der Waals surface area contributed by atoms with E-state index in [-0.39, 0.29) is 17.3 Å². The van der Waals surface area contributed by atoms with Crippen molar-refractivity contribution in [3.8, 4) is 5.69 Å². The number of nitrogens with one attached hydrogen (secondary N) is 2. The molecule has 2 heterocycles. The number of benzene rings is 3. The van der Waals surface area contributed by atoms with E-state index < -0.39 is 0 Å². The summed E-state index contributed by atoms with van der Waals surface area (Å²) in [6.45, 7) is 0. The molecule has 2 aromatic heterocycles. The molecule has 0 saturated carbocycles. The third kappa shape index (κ3) is 3.02. The fraction of sp³-hybridized carbons (Fsp3) is 0. The first kappa shape index (κ1) is 17.8. The number of anilines is 1. The van der Waals surface area contributed by atoms with E-state index in [0.29, 0.717) is 38.7 Å². The van der Waals surface area contributed by atoms with Gasteiger partial charge in [0.25, 0.3) is 11.5 Å². The maximum absolute atomic E-state index is 13.2. The molecule has 1 amide bonds. The molecule has 0 aliphatic carbocycles. The van der Waals surface area contributed by atoms with Crippen LogP contribution in [0.15, 0.2) is 83.8 Å². The smallest absolute Gasteiger partial charge is 0.280 e. The van der Waals surface area contributed by atoms with Crippen molar-refractivity contribution in [1.29, 1.82) is 0 Å². The number of rotatable bonds is 3. The van der Waals surface area contributed by atoms with Gasteiger partial charge in [-0.05, 0) is 54.6 Å². The van der Waals surface area contributed by atoms with Crippen molar-refractivity contribution in [2.45, 2.75) is 0 Å². The summed E-state index contributed by atoms with van der Waals surface area (Å²) in [6.07, 6.45) is 1.50. The lowest BCUT2D eigenvalue weighted by Crippen LogP contribution is -2.14. The number of carbonyl (C=O) groups is 1. The van der Waals surface area contributed by atoms with Crippen LogP contribution in [0.4, 0.5) is 10.1 Å². The lowest BCUT2D eigenvalue weighted by atomic mass is 10.1. The molecule has 0 aliphatic rings. The van der Waals surface area contributed by atoms with Gasteiger partial charge in [0.15, 0.2) is 0 Å². The van der Waals surface area contributed by atoms with E-state index >= 15 is 0 Å². The van der Waals surface area contributed by atoms with Crippen LogP contribution < -0.4 is 10.9 Å². The Kier molecular flexibility index (Phi) is 4.14. The van der Waals surface area contributed by atoms with Gasteiger partial charge in [-0.25, -0.2) is 9.07 Å². The maximum Gasteiger partial charge on any atom is 0.280 e. The van der Waals surface area contributed by atoms with Crippen molar-refractivity contribution in [1.82, 2.24) is 14.8 Å². The van der Waals surface area contributed by atoms with E-state index in [1.165, 1.54) is 35.1 Å². The largest absolute Gasteiger partial charge is 0.322 e. The number of halogens is 1. The van der Waals surface area contributed by atoms with Gasteiger partial charge in [-0.1, -0.05) is 18.2 Å². The highest BCUT2D eigenvalue weighted by Gasteiger charge is 2.14. The van der Waals surface area contributed by atoms with Crippen LogP contribution in [-0.4, -0.2) is 20.7 Å². The number of carbonyl (C=O) groups excluding carboxylic acids is 1. The van der Waals surface area contributed by atoms with Crippen molar-refractivity contribution >= 4 is 33.4 Å². The van der Waals surface area contributed by atoms with Gasteiger partial charge in [-0.3, -0.25) is 19.7 Å². The molecule has 3 aromatic carbocycles. The zero-order chi connectivity index (χ0) is 20.7. The summed E-state index contributed by atoms with van der Waals surface area (Å²) in [7, 11) is 0. The SMILES string of the molecule is O=C(Nc1ccccc1)c1ccc2ncc3c(=O)n(-c4ccc(F)cc4)[nH]c3c2c1. The minimum atomic E-state index is -0.385. The number of para-hydroxylation sites is 1. The summed E-state index contributed by atoms with van der Waals surface area (Å²) in [4.78, 5) is 29.9. The van der Waals surface area contributed by atoms with Crippen molar-refractivity contribution in [2.75, 3.05) is 5.32 Å². The third-order valence-corrected chi connectivity index (χ3v) is 4.90. The molecule has 0 saturated heterocycles. The number of hydrogen-bond donors (Lipinski definition) is 2. The zero-order valence-electron chi connectivity index (χ0n) is 15.6. The van der Waals surface area contributed by atoms with Crippen molar-refractivity contribution in [3.05, 3.63) is 101 Å². The van der Waals surface area contributed by atoms with Crippen LogP contribution in [0.1, 0.15) is 10.4 Å². The fourth-order valence-corrected chi connectivity index (χ4v) is 3.40. The van der Waals surface area contributed by atoms with Gasteiger partial charge in [0, 0.05) is 22.8 Å². The summed E-state index contributed by atoms with van der Waals surface area (Å²) in [5, 5.41) is 6.94. The number of H-pyrrole nitrogens is 1. The first-order valence-corrected chi connectivity index (χ1v) is 9.26. The summed E-state index contributed by atoms with van der Waals surface area (Å²) >= 11 is 0. The molecule has 146 valence electrons. The number of amides is 1. The molecule has 2 N–H and O–H groups in total. The quantitative estimate of drug-likeness (QED) is 0.477. The lowest BCUT2D eigenvalue weighted by Gasteiger charge is -2.06. The van der Waals surface area contributed by atoms with E-state index in [0.717, 1.165) is 0 Å². The monoisotopic (exact) mass is 398 g/mol. The standard InChI is InChI=1S/C23H15FN4O2/c24-15-7-9-17(10-8-15)28-23(30)19-13-25-20-11-6-14(12-18(20)21(19)27-28)22(29)26-16-4-2-1-3-5-16/h1-13,27H,(H,26,29). The second-order valence-electron chi connectivity index (χ2n) is 6.83.